The Bertz CT molecular complexity index is 827. The number of thioether (sulfide) groups is 1. The van der Waals surface area contributed by atoms with Crippen LogP contribution < -0.4 is 5.32 Å². The average Bonchev–Trinajstić information content (AvgIpc) is 3.08. The minimum Gasteiger partial charge on any atom is -0.353 e. The summed E-state index contributed by atoms with van der Waals surface area (Å²) in [5.41, 5.74) is 1.96. The van der Waals surface area contributed by atoms with Gasteiger partial charge in [-0.15, -0.1) is 11.8 Å². The second kappa shape index (κ2) is 8.13. The molecule has 1 aromatic heterocycles. The number of rotatable bonds is 5. The summed E-state index contributed by atoms with van der Waals surface area (Å²) in [6.45, 7) is 1.33. The van der Waals surface area contributed by atoms with E-state index in [9.17, 15) is 9.59 Å². The van der Waals surface area contributed by atoms with Crippen molar-refractivity contribution in [2.24, 2.45) is 5.92 Å². The number of piperidine rings is 1. The largest absolute Gasteiger partial charge is 0.353 e. The Hall–Kier alpha value is -2.34. The molecule has 1 N–H and O–H groups in total. The highest BCUT2D eigenvalue weighted by Crippen LogP contribution is 2.28. The molecule has 2 aliphatic rings. The predicted molar refractivity (Wildman–Crippen MR) is 106 cm³/mol. The number of pyridine rings is 1. The quantitative estimate of drug-likeness (QED) is 0.809. The molecule has 140 valence electrons. The van der Waals surface area contributed by atoms with Crippen molar-refractivity contribution in [2.45, 2.75) is 30.3 Å². The Morgan fingerprint density at radius 1 is 1.22 bits per heavy atom. The Morgan fingerprint density at radius 3 is 2.93 bits per heavy atom. The summed E-state index contributed by atoms with van der Waals surface area (Å²) in [4.78, 5) is 31.1. The highest BCUT2D eigenvalue weighted by atomic mass is 32.2. The summed E-state index contributed by atoms with van der Waals surface area (Å²) < 4.78 is 0. The molecule has 4 rings (SSSR count). The van der Waals surface area contributed by atoms with Gasteiger partial charge < -0.3 is 10.2 Å². The van der Waals surface area contributed by atoms with Crippen molar-refractivity contribution < 1.29 is 9.59 Å². The molecule has 0 bridgehead atoms. The fourth-order valence-electron chi connectivity index (χ4n) is 3.87. The first-order chi connectivity index (χ1) is 13.2. The number of aromatic nitrogens is 1. The van der Waals surface area contributed by atoms with Gasteiger partial charge in [0.15, 0.2) is 0 Å². The first-order valence-electron chi connectivity index (χ1n) is 9.41. The van der Waals surface area contributed by atoms with E-state index in [4.69, 9.17) is 0 Å². The summed E-state index contributed by atoms with van der Waals surface area (Å²) in [5.74, 6) is 1.26. The molecule has 2 amide bonds. The lowest BCUT2D eigenvalue weighted by molar-refractivity contribution is -0.119. The van der Waals surface area contributed by atoms with Gasteiger partial charge in [0.05, 0.1) is 5.56 Å². The third-order valence-corrected chi connectivity index (χ3v) is 6.30. The Morgan fingerprint density at radius 2 is 2.07 bits per heavy atom. The number of aryl methyl sites for hydroxylation is 1. The Labute approximate surface area is 163 Å². The van der Waals surface area contributed by atoms with Gasteiger partial charge in [-0.1, -0.05) is 30.3 Å². The van der Waals surface area contributed by atoms with Crippen LogP contribution in [0.5, 0.6) is 0 Å². The van der Waals surface area contributed by atoms with E-state index in [1.54, 1.807) is 18.0 Å². The predicted octanol–water partition coefficient (Wildman–Crippen LogP) is 2.77. The van der Waals surface area contributed by atoms with E-state index < -0.39 is 0 Å². The van der Waals surface area contributed by atoms with Gasteiger partial charge in [-0.2, -0.15) is 0 Å². The SMILES string of the molecule is O=C1C[C@@H]2CN(C(=O)c3cccnc3SCCc3ccccc3)CC[C@@H]2N1. The molecule has 1 aromatic carbocycles. The van der Waals surface area contributed by atoms with Crippen molar-refractivity contribution in [1.29, 1.82) is 0 Å². The van der Waals surface area contributed by atoms with Crippen molar-refractivity contribution in [3.63, 3.8) is 0 Å². The van der Waals surface area contributed by atoms with E-state index in [0.717, 1.165) is 23.6 Å². The molecule has 0 radical (unpaired) electrons. The van der Waals surface area contributed by atoms with E-state index in [2.05, 4.69) is 22.4 Å². The van der Waals surface area contributed by atoms with E-state index in [1.807, 2.05) is 35.2 Å². The van der Waals surface area contributed by atoms with Crippen molar-refractivity contribution in [1.82, 2.24) is 15.2 Å². The topological polar surface area (TPSA) is 62.3 Å². The second-order valence-electron chi connectivity index (χ2n) is 7.12. The number of carbonyl (C=O) groups is 2. The van der Waals surface area contributed by atoms with E-state index in [1.165, 1.54) is 5.56 Å². The summed E-state index contributed by atoms with van der Waals surface area (Å²) in [6.07, 6.45) is 4.05. The molecule has 27 heavy (non-hydrogen) atoms. The number of likely N-dealkylation sites (tertiary alicyclic amines) is 1. The third-order valence-electron chi connectivity index (χ3n) is 5.29. The molecule has 0 spiro atoms. The second-order valence-corrected chi connectivity index (χ2v) is 8.20. The van der Waals surface area contributed by atoms with Crippen LogP contribution in [0.25, 0.3) is 0 Å². The van der Waals surface area contributed by atoms with Gasteiger partial charge >= 0.3 is 0 Å². The van der Waals surface area contributed by atoms with E-state index in [0.29, 0.717) is 25.1 Å². The average molecular weight is 382 g/mol. The van der Waals surface area contributed by atoms with Crippen LogP contribution in [0.15, 0.2) is 53.7 Å². The van der Waals surface area contributed by atoms with Gasteiger partial charge in [0, 0.05) is 43.4 Å². The Kier molecular flexibility index (Phi) is 5.43. The monoisotopic (exact) mass is 381 g/mol. The number of hydrogen-bond donors (Lipinski definition) is 1. The van der Waals surface area contributed by atoms with Gasteiger partial charge in [0.2, 0.25) is 5.91 Å². The fraction of sp³-hybridized carbons (Fsp3) is 0.381. The number of amides is 2. The number of nitrogens with one attached hydrogen (secondary N) is 1. The lowest BCUT2D eigenvalue weighted by Crippen LogP contribution is -2.47. The van der Waals surface area contributed by atoms with Crippen LogP contribution >= 0.6 is 11.8 Å². The standard InChI is InChI=1S/C21H23N3O2S/c25-19-13-16-14-24(11-8-18(16)23-19)21(26)17-7-4-10-22-20(17)27-12-9-15-5-2-1-3-6-15/h1-7,10,16,18H,8-9,11-14H2,(H,23,25)/t16-,18+/m1/s1. The number of hydrogen-bond acceptors (Lipinski definition) is 4. The molecule has 2 atom stereocenters. The molecule has 2 aromatic rings. The maximum Gasteiger partial charge on any atom is 0.256 e. The number of carbonyl (C=O) groups excluding carboxylic acids is 2. The molecular weight excluding hydrogens is 358 g/mol. The van der Waals surface area contributed by atoms with Crippen LogP contribution in [0.4, 0.5) is 0 Å². The van der Waals surface area contributed by atoms with Gasteiger partial charge in [-0.05, 0) is 30.5 Å². The third kappa shape index (κ3) is 4.16. The molecule has 0 aliphatic carbocycles. The van der Waals surface area contributed by atoms with Crippen molar-refractivity contribution >= 4 is 23.6 Å². The first kappa shape index (κ1) is 18.0. The van der Waals surface area contributed by atoms with Crippen LogP contribution in [-0.2, 0) is 11.2 Å². The molecule has 3 heterocycles. The zero-order valence-electron chi connectivity index (χ0n) is 15.1. The van der Waals surface area contributed by atoms with Gasteiger partial charge in [-0.3, -0.25) is 9.59 Å². The van der Waals surface area contributed by atoms with Crippen LogP contribution in [0, 0.1) is 5.92 Å². The number of nitrogens with zero attached hydrogens (tertiary/aromatic N) is 2. The Balaban J connectivity index is 1.41. The number of fused-ring (bicyclic) bond motifs is 1. The molecule has 5 nitrogen and oxygen atoms in total. The minimum atomic E-state index is 0.0307. The zero-order chi connectivity index (χ0) is 18.6. The molecule has 6 heteroatoms. The summed E-state index contributed by atoms with van der Waals surface area (Å²) in [6, 6.07) is 14.3. The molecule has 0 saturated carbocycles. The van der Waals surface area contributed by atoms with Crippen molar-refractivity contribution in [2.75, 3.05) is 18.8 Å². The van der Waals surface area contributed by atoms with E-state index >= 15 is 0 Å². The first-order valence-corrected chi connectivity index (χ1v) is 10.4. The van der Waals surface area contributed by atoms with Gasteiger partial charge in [0.1, 0.15) is 5.03 Å². The van der Waals surface area contributed by atoms with Crippen molar-refractivity contribution in [3.05, 3.63) is 59.8 Å². The maximum absolute atomic E-state index is 13.1. The zero-order valence-corrected chi connectivity index (χ0v) is 16.0. The summed E-state index contributed by atoms with van der Waals surface area (Å²) in [5, 5.41) is 3.81. The lowest BCUT2D eigenvalue weighted by Gasteiger charge is -2.34. The summed E-state index contributed by atoms with van der Waals surface area (Å²) >= 11 is 1.63. The molecule has 0 unspecified atom stereocenters. The minimum absolute atomic E-state index is 0.0307. The molecule has 2 aliphatic heterocycles. The highest BCUT2D eigenvalue weighted by Gasteiger charge is 2.38. The van der Waals surface area contributed by atoms with Crippen molar-refractivity contribution in [3.8, 4) is 0 Å². The van der Waals surface area contributed by atoms with Crippen LogP contribution in [-0.4, -0.2) is 46.6 Å². The van der Waals surface area contributed by atoms with E-state index in [-0.39, 0.29) is 23.8 Å². The van der Waals surface area contributed by atoms with Gasteiger partial charge in [-0.25, -0.2) is 4.98 Å². The van der Waals surface area contributed by atoms with Crippen LogP contribution in [0.1, 0.15) is 28.8 Å². The number of benzene rings is 1. The summed E-state index contributed by atoms with van der Waals surface area (Å²) in [7, 11) is 0. The molecule has 2 fully saturated rings. The lowest BCUT2D eigenvalue weighted by atomic mass is 9.93. The fourth-order valence-corrected chi connectivity index (χ4v) is 4.84. The highest BCUT2D eigenvalue weighted by molar-refractivity contribution is 7.99. The van der Waals surface area contributed by atoms with Gasteiger partial charge in [0.25, 0.3) is 5.91 Å². The van der Waals surface area contributed by atoms with Crippen LogP contribution in [0.3, 0.4) is 0 Å². The maximum atomic E-state index is 13.1. The normalized spacial score (nSPS) is 21.6. The van der Waals surface area contributed by atoms with Crippen LogP contribution in [0.2, 0.25) is 0 Å². The molecule has 2 saturated heterocycles. The smallest absolute Gasteiger partial charge is 0.256 e. The molecular formula is C21H23N3O2S.